The molecule has 6 nitrogen and oxygen atoms in total. The van der Waals surface area contributed by atoms with Crippen molar-refractivity contribution in [2.45, 2.75) is 37.8 Å². The first-order valence-electron chi connectivity index (χ1n) is 9.11. The molecule has 1 atom stereocenters. The van der Waals surface area contributed by atoms with Crippen LogP contribution in [0.25, 0.3) is 0 Å². The maximum atomic E-state index is 12.3. The second-order valence-electron chi connectivity index (χ2n) is 6.86. The molecule has 1 saturated carbocycles. The molecule has 2 aromatic carbocycles. The van der Waals surface area contributed by atoms with Crippen molar-refractivity contribution < 1.29 is 14.3 Å². The molecule has 7 heteroatoms. The summed E-state index contributed by atoms with van der Waals surface area (Å²) in [5, 5.41) is 5.78. The van der Waals surface area contributed by atoms with Crippen molar-refractivity contribution in [1.82, 2.24) is 5.32 Å². The van der Waals surface area contributed by atoms with Crippen LogP contribution >= 0.6 is 12.4 Å². The number of carbonyl (C=O) groups excluding carboxylic acids is 2. The summed E-state index contributed by atoms with van der Waals surface area (Å²) < 4.78 is 5.12. The Balaban J connectivity index is 0.00000280. The number of ether oxygens (including phenoxy) is 1. The van der Waals surface area contributed by atoms with Crippen molar-refractivity contribution in [3.63, 3.8) is 0 Å². The van der Waals surface area contributed by atoms with Gasteiger partial charge in [0.25, 0.3) is 0 Å². The van der Waals surface area contributed by atoms with Crippen molar-refractivity contribution in [1.29, 1.82) is 0 Å². The predicted octanol–water partition coefficient (Wildman–Crippen LogP) is 2.45. The minimum absolute atomic E-state index is 0. The van der Waals surface area contributed by atoms with Crippen LogP contribution in [0, 0.1) is 0 Å². The van der Waals surface area contributed by atoms with Gasteiger partial charge >= 0.3 is 0 Å². The van der Waals surface area contributed by atoms with Gasteiger partial charge in [-0.1, -0.05) is 24.3 Å². The average Bonchev–Trinajstić information content (AvgIpc) is 3.47. The lowest BCUT2D eigenvalue weighted by Gasteiger charge is -2.13. The number of hydrogen-bond acceptors (Lipinski definition) is 4. The zero-order valence-electron chi connectivity index (χ0n) is 15.8. The van der Waals surface area contributed by atoms with Crippen LogP contribution < -0.4 is 21.1 Å². The Labute approximate surface area is 171 Å². The maximum Gasteiger partial charge on any atom is 0.241 e. The Morgan fingerprint density at radius 3 is 2.25 bits per heavy atom. The molecule has 0 bridgehead atoms. The molecule has 0 saturated heterocycles. The Morgan fingerprint density at radius 2 is 1.68 bits per heavy atom. The number of halogens is 1. The molecule has 0 spiro atoms. The summed E-state index contributed by atoms with van der Waals surface area (Å²) in [5.74, 6) is 0.559. The molecule has 3 rings (SSSR count). The third-order valence-corrected chi connectivity index (χ3v) is 4.48. The molecule has 150 valence electrons. The van der Waals surface area contributed by atoms with E-state index in [0.717, 1.165) is 29.7 Å². The zero-order valence-corrected chi connectivity index (χ0v) is 16.6. The standard InChI is InChI=1S/C21H25N3O3.ClH/c1-27-18-10-4-14(5-11-18)12-19(22)21(26)24-17-6-2-15(3-7-17)13-20(25)23-16-8-9-16;/h2-7,10-11,16,19H,8-9,12-13,22H2,1H3,(H,23,25)(H,24,26);1H/t19-;/m0./s1. The summed E-state index contributed by atoms with van der Waals surface area (Å²) in [6, 6.07) is 14.5. The quantitative estimate of drug-likeness (QED) is 0.631. The summed E-state index contributed by atoms with van der Waals surface area (Å²) in [6.45, 7) is 0. The number of nitrogens with two attached hydrogens (primary N) is 1. The monoisotopic (exact) mass is 403 g/mol. The lowest BCUT2D eigenvalue weighted by molar-refractivity contribution is -0.120. The molecular weight excluding hydrogens is 378 g/mol. The molecule has 28 heavy (non-hydrogen) atoms. The molecular formula is C21H26ClN3O3. The van der Waals surface area contributed by atoms with E-state index in [2.05, 4.69) is 10.6 Å². The highest BCUT2D eigenvalue weighted by Crippen LogP contribution is 2.19. The van der Waals surface area contributed by atoms with Gasteiger partial charge in [-0.3, -0.25) is 9.59 Å². The van der Waals surface area contributed by atoms with Gasteiger partial charge in [-0.15, -0.1) is 12.4 Å². The Hall–Kier alpha value is -2.57. The van der Waals surface area contributed by atoms with Crippen LogP contribution in [-0.4, -0.2) is 31.0 Å². The first kappa shape index (κ1) is 21.7. The smallest absolute Gasteiger partial charge is 0.241 e. The number of hydrogen-bond donors (Lipinski definition) is 3. The van der Waals surface area contributed by atoms with Gasteiger partial charge in [0.2, 0.25) is 11.8 Å². The van der Waals surface area contributed by atoms with Crippen LogP contribution in [0.3, 0.4) is 0 Å². The molecule has 0 unspecified atom stereocenters. The SMILES string of the molecule is COc1ccc(C[C@H](N)C(=O)Nc2ccc(CC(=O)NC3CC3)cc2)cc1.Cl. The number of benzene rings is 2. The fraction of sp³-hybridized carbons (Fsp3) is 0.333. The average molecular weight is 404 g/mol. The van der Waals surface area contributed by atoms with Crippen LogP contribution in [0.4, 0.5) is 5.69 Å². The largest absolute Gasteiger partial charge is 0.497 e. The van der Waals surface area contributed by atoms with Crippen molar-refractivity contribution in [2.75, 3.05) is 12.4 Å². The molecule has 0 aliphatic heterocycles. The molecule has 0 radical (unpaired) electrons. The van der Waals surface area contributed by atoms with E-state index in [0.29, 0.717) is 24.6 Å². The predicted molar refractivity (Wildman–Crippen MR) is 112 cm³/mol. The van der Waals surface area contributed by atoms with E-state index in [-0.39, 0.29) is 24.2 Å². The fourth-order valence-corrected chi connectivity index (χ4v) is 2.74. The van der Waals surface area contributed by atoms with Crippen molar-refractivity contribution in [3.05, 3.63) is 59.7 Å². The summed E-state index contributed by atoms with van der Waals surface area (Å²) in [5.41, 5.74) is 8.56. The minimum atomic E-state index is -0.651. The summed E-state index contributed by atoms with van der Waals surface area (Å²) in [7, 11) is 1.61. The highest BCUT2D eigenvalue weighted by Gasteiger charge is 2.23. The van der Waals surface area contributed by atoms with Crippen molar-refractivity contribution >= 4 is 29.9 Å². The van der Waals surface area contributed by atoms with E-state index in [1.165, 1.54) is 0 Å². The van der Waals surface area contributed by atoms with Crippen LogP contribution in [0.1, 0.15) is 24.0 Å². The third-order valence-electron chi connectivity index (χ3n) is 4.48. The zero-order chi connectivity index (χ0) is 19.2. The Kier molecular flexibility index (Phi) is 7.84. The van der Waals surface area contributed by atoms with Crippen LogP contribution in [-0.2, 0) is 22.4 Å². The molecule has 2 aromatic rings. The number of carbonyl (C=O) groups is 2. The van der Waals surface area contributed by atoms with E-state index >= 15 is 0 Å². The highest BCUT2D eigenvalue weighted by atomic mass is 35.5. The lowest BCUT2D eigenvalue weighted by atomic mass is 10.1. The molecule has 1 aliphatic carbocycles. The van der Waals surface area contributed by atoms with Gasteiger partial charge in [0.05, 0.1) is 19.6 Å². The van der Waals surface area contributed by atoms with Gasteiger partial charge in [0, 0.05) is 11.7 Å². The maximum absolute atomic E-state index is 12.3. The van der Waals surface area contributed by atoms with E-state index in [9.17, 15) is 9.59 Å². The molecule has 1 fully saturated rings. The number of rotatable bonds is 8. The minimum Gasteiger partial charge on any atom is -0.497 e. The van der Waals surface area contributed by atoms with Gasteiger partial charge in [-0.05, 0) is 54.7 Å². The van der Waals surface area contributed by atoms with Gasteiger partial charge in [-0.2, -0.15) is 0 Å². The lowest BCUT2D eigenvalue weighted by Crippen LogP contribution is -2.37. The van der Waals surface area contributed by atoms with Crippen LogP contribution in [0.15, 0.2) is 48.5 Å². The highest BCUT2D eigenvalue weighted by molar-refractivity contribution is 5.94. The number of methoxy groups -OCH3 is 1. The van der Waals surface area contributed by atoms with Crippen LogP contribution in [0.2, 0.25) is 0 Å². The van der Waals surface area contributed by atoms with Gasteiger partial charge in [-0.25, -0.2) is 0 Å². The summed E-state index contributed by atoms with van der Waals surface area (Å²) in [6.07, 6.45) is 2.94. The summed E-state index contributed by atoms with van der Waals surface area (Å²) in [4.78, 5) is 24.1. The Bertz CT molecular complexity index is 790. The summed E-state index contributed by atoms with van der Waals surface area (Å²) >= 11 is 0. The van der Waals surface area contributed by atoms with Crippen molar-refractivity contribution in [3.8, 4) is 5.75 Å². The molecule has 0 heterocycles. The number of nitrogens with one attached hydrogen (secondary N) is 2. The first-order valence-corrected chi connectivity index (χ1v) is 9.11. The fourth-order valence-electron chi connectivity index (χ4n) is 2.74. The van der Waals surface area contributed by atoms with Crippen LogP contribution in [0.5, 0.6) is 5.75 Å². The van der Waals surface area contributed by atoms with Gasteiger partial charge in [0.1, 0.15) is 5.75 Å². The van der Waals surface area contributed by atoms with E-state index in [4.69, 9.17) is 10.5 Å². The second kappa shape index (κ2) is 10.1. The number of amides is 2. The van der Waals surface area contributed by atoms with E-state index in [1.807, 2.05) is 36.4 Å². The second-order valence-corrected chi connectivity index (χ2v) is 6.86. The molecule has 4 N–H and O–H groups in total. The van der Waals surface area contributed by atoms with E-state index < -0.39 is 6.04 Å². The molecule has 2 amide bonds. The van der Waals surface area contributed by atoms with Gasteiger partial charge < -0.3 is 21.1 Å². The van der Waals surface area contributed by atoms with Crippen molar-refractivity contribution in [2.24, 2.45) is 5.73 Å². The Morgan fingerprint density at radius 1 is 1.07 bits per heavy atom. The topological polar surface area (TPSA) is 93.4 Å². The molecule has 0 aromatic heterocycles. The van der Waals surface area contributed by atoms with E-state index in [1.54, 1.807) is 19.2 Å². The number of anilines is 1. The molecule has 1 aliphatic rings. The van der Waals surface area contributed by atoms with Gasteiger partial charge in [0.15, 0.2) is 0 Å². The normalized spacial score (nSPS) is 13.8. The third kappa shape index (κ3) is 6.55. The first-order chi connectivity index (χ1) is 13.0.